The predicted octanol–water partition coefficient (Wildman–Crippen LogP) is 6.10. The van der Waals surface area contributed by atoms with Crippen molar-refractivity contribution in [3.63, 3.8) is 0 Å². The Morgan fingerprint density at radius 1 is 0.844 bits per heavy atom. The Labute approximate surface area is 258 Å². The van der Waals surface area contributed by atoms with Crippen molar-refractivity contribution >= 4 is 26.7 Å². The van der Waals surface area contributed by atoms with Crippen LogP contribution in [-0.2, 0) is 26.9 Å². The summed E-state index contributed by atoms with van der Waals surface area (Å²) in [6.45, 7) is 0. The third-order valence-corrected chi connectivity index (χ3v) is 10.6. The molecular formula is C32H34F5N3O4S. The number of amides is 1. The maximum absolute atomic E-state index is 16.2. The van der Waals surface area contributed by atoms with Crippen molar-refractivity contribution in [1.29, 1.82) is 0 Å². The molecule has 3 aliphatic rings. The van der Waals surface area contributed by atoms with Gasteiger partial charge in [-0.3, -0.25) is 4.79 Å². The molecule has 13 heteroatoms. The predicted molar refractivity (Wildman–Crippen MR) is 157 cm³/mol. The topological polar surface area (TPSA) is 102 Å². The summed E-state index contributed by atoms with van der Waals surface area (Å²) >= 11 is 0. The number of piperidine rings is 1. The fourth-order valence-electron chi connectivity index (χ4n) is 6.92. The molecule has 2 heterocycles. The van der Waals surface area contributed by atoms with Gasteiger partial charge in [-0.1, -0.05) is 24.3 Å². The van der Waals surface area contributed by atoms with Gasteiger partial charge >= 0.3 is 6.18 Å². The average molecular weight is 652 g/mol. The van der Waals surface area contributed by atoms with Crippen LogP contribution in [0.3, 0.4) is 0 Å². The van der Waals surface area contributed by atoms with Crippen molar-refractivity contribution in [3.05, 3.63) is 71.8 Å². The van der Waals surface area contributed by atoms with Gasteiger partial charge < -0.3 is 15.4 Å². The number of fused-ring (bicyclic) bond motifs is 3. The van der Waals surface area contributed by atoms with E-state index in [4.69, 9.17) is 10.5 Å². The number of carbonyl (C=O) groups is 1. The molecule has 3 unspecified atom stereocenters. The Hall–Kier alpha value is -3.29. The molecule has 2 saturated heterocycles. The number of rotatable bonds is 8. The molecule has 7 nitrogen and oxygen atoms in total. The molecule has 1 amide bonds. The van der Waals surface area contributed by atoms with Gasteiger partial charge in [0.05, 0.1) is 16.6 Å². The third kappa shape index (κ3) is 6.39. The van der Waals surface area contributed by atoms with Crippen LogP contribution in [-0.4, -0.2) is 49.5 Å². The summed E-state index contributed by atoms with van der Waals surface area (Å²) < 4.78 is 107. The Morgan fingerprint density at radius 2 is 1.42 bits per heavy atom. The normalized spacial score (nSPS) is 23.4. The Morgan fingerprint density at radius 3 is 2.04 bits per heavy atom. The highest BCUT2D eigenvalue weighted by Gasteiger charge is 2.53. The van der Waals surface area contributed by atoms with E-state index in [2.05, 4.69) is 0 Å². The summed E-state index contributed by atoms with van der Waals surface area (Å²) in [7, 11) is -4.72. The first-order chi connectivity index (χ1) is 21.2. The number of carbonyl (C=O) groups excluding carboxylic acids is 1. The molecule has 0 radical (unpaired) electrons. The zero-order valence-corrected chi connectivity index (χ0v) is 25.1. The van der Waals surface area contributed by atoms with Crippen LogP contribution in [0, 0.1) is 0 Å². The second kappa shape index (κ2) is 11.8. The van der Waals surface area contributed by atoms with Crippen molar-refractivity contribution in [3.8, 4) is 5.75 Å². The molecule has 1 aliphatic carbocycles. The van der Waals surface area contributed by atoms with Gasteiger partial charge in [-0.2, -0.15) is 26.7 Å². The summed E-state index contributed by atoms with van der Waals surface area (Å²) in [4.78, 5) is 14.8. The number of sulfonamides is 1. The van der Waals surface area contributed by atoms with E-state index in [1.807, 2.05) is 4.72 Å². The van der Waals surface area contributed by atoms with E-state index in [9.17, 15) is 26.4 Å². The maximum atomic E-state index is 16.2. The zero-order valence-electron chi connectivity index (χ0n) is 24.3. The van der Waals surface area contributed by atoms with Crippen LogP contribution in [0.15, 0.2) is 65.6 Å². The monoisotopic (exact) mass is 651 g/mol. The van der Waals surface area contributed by atoms with Crippen LogP contribution in [0.5, 0.6) is 5.75 Å². The summed E-state index contributed by atoms with van der Waals surface area (Å²) in [5.41, 5.74) is 4.02. The molecule has 0 aromatic heterocycles. The average Bonchev–Trinajstić information content (AvgIpc) is 3.60. The highest BCUT2D eigenvalue weighted by atomic mass is 32.2. The lowest BCUT2D eigenvalue weighted by atomic mass is 9.94. The van der Waals surface area contributed by atoms with E-state index in [0.29, 0.717) is 66.5 Å². The minimum absolute atomic E-state index is 0.123. The summed E-state index contributed by atoms with van der Waals surface area (Å²) in [6, 6.07) is 7.65. The minimum atomic E-state index is -4.77. The quantitative estimate of drug-likeness (QED) is 0.287. The number of halogens is 5. The van der Waals surface area contributed by atoms with E-state index < -0.39 is 57.3 Å². The first kappa shape index (κ1) is 31.7. The van der Waals surface area contributed by atoms with Gasteiger partial charge in [0.25, 0.3) is 5.92 Å². The van der Waals surface area contributed by atoms with Gasteiger partial charge in [-0.15, -0.1) is 0 Å². The first-order valence-corrected chi connectivity index (χ1v) is 16.6. The lowest BCUT2D eigenvalue weighted by Crippen LogP contribution is -2.60. The zero-order chi connectivity index (χ0) is 32.1. The molecule has 3 atom stereocenters. The van der Waals surface area contributed by atoms with Crippen LogP contribution in [0.2, 0.25) is 0 Å². The van der Waals surface area contributed by atoms with E-state index >= 15 is 8.78 Å². The van der Waals surface area contributed by atoms with Crippen LogP contribution >= 0.6 is 0 Å². The number of nitrogens with two attached hydrogens (primary N) is 1. The molecule has 3 aromatic carbocycles. The van der Waals surface area contributed by atoms with Gasteiger partial charge in [0.15, 0.2) is 6.04 Å². The van der Waals surface area contributed by atoms with Crippen molar-refractivity contribution in [1.82, 2.24) is 9.62 Å². The van der Waals surface area contributed by atoms with E-state index in [1.54, 1.807) is 18.2 Å². The van der Waals surface area contributed by atoms with Crippen molar-refractivity contribution < 1.29 is 39.9 Å². The first-order valence-electron chi connectivity index (χ1n) is 15.1. The number of alkyl halides is 5. The smallest absolute Gasteiger partial charge is 0.416 e. The van der Waals surface area contributed by atoms with Gasteiger partial charge in [-0.25, -0.2) is 8.42 Å². The van der Waals surface area contributed by atoms with E-state index in [0.717, 1.165) is 25.7 Å². The number of nitrogens with zero attached hydrogens (tertiary/aromatic N) is 1. The fourth-order valence-corrected chi connectivity index (χ4v) is 8.14. The Bertz CT molecular complexity index is 1660. The van der Waals surface area contributed by atoms with Crippen LogP contribution in [0.1, 0.15) is 62.5 Å². The Kier molecular flexibility index (Phi) is 8.32. The fraction of sp³-hybridized carbons (Fsp3) is 0.469. The molecule has 3 fully saturated rings. The van der Waals surface area contributed by atoms with Crippen molar-refractivity contribution in [2.24, 2.45) is 5.73 Å². The van der Waals surface area contributed by atoms with Gasteiger partial charge in [0.1, 0.15) is 5.75 Å². The van der Waals surface area contributed by atoms with E-state index in [-0.39, 0.29) is 17.0 Å². The third-order valence-electron chi connectivity index (χ3n) is 9.20. The molecule has 3 N–H and O–H groups in total. The van der Waals surface area contributed by atoms with Gasteiger partial charge in [-0.05, 0) is 98.5 Å². The van der Waals surface area contributed by atoms with Crippen LogP contribution in [0.25, 0.3) is 10.8 Å². The van der Waals surface area contributed by atoms with Gasteiger partial charge in [0, 0.05) is 23.7 Å². The number of hydrogen-bond acceptors (Lipinski definition) is 5. The summed E-state index contributed by atoms with van der Waals surface area (Å²) in [5.74, 6) is -4.70. The highest BCUT2D eigenvalue weighted by Crippen LogP contribution is 2.41. The lowest BCUT2D eigenvalue weighted by molar-refractivity contribution is -0.149. The maximum Gasteiger partial charge on any atom is 0.416 e. The molecular weight excluding hydrogens is 617 g/mol. The van der Waals surface area contributed by atoms with Gasteiger partial charge in [0.2, 0.25) is 15.9 Å². The summed E-state index contributed by atoms with van der Waals surface area (Å²) in [5, 5.41) is 1.19. The minimum Gasteiger partial charge on any atom is -0.490 e. The number of nitrogens with one attached hydrogen (secondary N) is 1. The van der Waals surface area contributed by atoms with Crippen molar-refractivity contribution in [2.45, 2.75) is 98.6 Å². The molecule has 2 bridgehead atoms. The highest BCUT2D eigenvalue weighted by molar-refractivity contribution is 7.89. The molecule has 1 saturated carbocycles. The van der Waals surface area contributed by atoms with E-state index in [1.165, 1.54) is 23.1 Å². The molecule has 2 aliphatic heterocycles. The lowest BCUT2D eigenvalue weighted by Gasteiger charge is -2.41. The molecule has 0 spiro atoms. The Balaban J connectivity index is 1.32. The largest absolute Gasteiger partial charge is 0.490 e. The van der Waals surface area contributed by atoms with Crippen LogP contribution < -0.4 is 15.2 Å². The molecule has 242 valence electrons. The SMILES string of the molecule is NC1CC2CCC(C1)N2C(=O)C(NS(=O)(=O)c1ccc2cc(OC3CCCC3)ccc2c1)C(F)(F)c1ccc(C(F)(F)F)cc1. The van der Waals surface area contributed by atoms with Crippen molar-refractivity contribution in [2.75, 3.05) is 0 Å². The molecule has 6 rings (SSSR count). The standard InChI is InChI=1S/C32H34F5N3O4S/c33-31(34,21-7-9-22(10-8-21)32(35,36)37)29(30(41)40-24-11-12-25(40)18-23(38)17-24)39-45(42,43)28-14-6-19-15-27(13-5-20(19)16-28)44-26-3-1-2-4-26/h5-10,13-16,23-26,29,39H,1-4,11-12,17-18,38H2. The molecule has 45 heavy (non-hydrogen) atoms. The number of benzene rings is 3. The number of hydrogen-bond donors (Lipinski definition) is 2. The second-order valence-electron chi connectivity index (χ2n) is 12.3. The molecule has 3 aromatic rings. The second-order valence-corrected chi connectivity index (χ2v) is 14.0. The summed E-state index contributed by atoms with van der Waals surface area (Å²) in [6.07, 6.45) is 1.30. The van der Waals surface area contributed by atoms with Crippen LogP contribution in [0.4, 0.5) is 22.0 Å². The number of ether oxygens (including phenoxy) is 1.